The van der Waals surface area contributed by atoms with Crippen molar-refractivity contribution in [2.24, 2.45) is 0 Å². The number of aliphatic carboxylic acids is 1. The normalized spacial score (nSPS) is 19.0. The van der Waals surface area contributed by atoms with Crippen LogP contribution in [0.5, 0.6) is 11.5 Å². The Labute approximate surface area is 135 Å². The molecule has 1 aromatic carbocycles. The largest absolute Gasteiger partial charge is 0.496 e. The van der Waals surface area contributed by atoms with E-state index in [0.29, 0.717) is 23.1 Å². The molecule has 1 N–H and O–H groups in total. The number of methoxy groups -OCH3 is 2. The molecule has 0 aromatic heterocycles. The fraction of sp³-hybridized carbons (Fsp3) is 0.562. The molecule has 1 atom stereocenters. The van der Waals surface area contributed by atoms with Crippen molar-refractivity contribution in [2.75, 3.05) is 20.8 Å². The van der Waals surface area contributed by atoms with Crippen molar-refractivity contribution in [3.05, 3.63) is 22.7 Å². The molecule has 1 aliphatic rings. The van der Waals surface area contributed by atoms with Gasteiger partial charge in [-0.25, -0.2) is 0 Å². The van der Waals surface area contributed by atoms with E-state index in [4.69, 9.17) is 26.2 Å². The zero-order chi connectivity index (χ0) is 16.1. The predicted molar refractivity (Wildman–Crippen MR) is 84.9 cm³/mol. The minimum atomic E-state index is -0.753. The molecule has 0 spiro atoms. The van der Waals surface area contributed by atoms with Crippen LogP contribution in [0.3, 0.4) is 0 Å². The minimum Gasteiger partial charge on any atom is -0.496 e. The molecule has 1 aliphatic heterocycles. The van der Waals surface area contributed by atoms with E-state index in [1.54, 1.807) is 20.3 Å². The molecule has 2 rings (SSSR count). The van der Waals surface area contributed by atoms with Crippen LogP contribution in [0.4, 0.5) is 0 Å². The van der Waals surface area contributed by atoms with Gasteiger partial charge in [-0.2, -0.15) is 0 Å². The third-order valence-electron chi connectivity index (χ3n) is 4.09. The van der Waals surface area contributed by atoms with Crippen LogP contribution in [0, 0.1) is 0 Å². The SMILES string of the molecule is COc1cc(OC)c(CN2CCCC[C@H]2CC(=O)O)cc1Cl. The Kier molecular flexibility index (Phi) is 5.91. The minimum absolute atomic E-state index is 0.0665. The van der Waals surface area contributed by atoms with Gasteiger partial charge in [0.15, 0.2) is 0 Å². The van der Waals surface area contributed by atoms with Crippen LogP contribution in [-0.2, 0) is 11.3 Å². The summed E-state index contributed by atoms with van der Waals surface area (Å²) in [6.45, 7) is 1.52. The molecule has 6 heteroatoms. The number of likely N-dealkylation sites (tertiary alicyclic amines) is 1. The number of piperidine rings is 1. The van der Waals surface area contributed by atoms with Crippen molar-refractivity contribution in [3.63, 3.8) is 0 Å². The van der Waals surface area contributed by atoms with Gasteiger partial charge in [-0.15, -0.1) is 0 Å². The van der Waals surface area contributed by atoms with Crippen LogP contribution in [0.1, 0.15) is 31.2 Å². The van der Waals surface area contributed by atoms with E-state index in [-0.39, 0.29) is 12.5 Å². The zero-order valence-electron chi connectivity index (χ0n) is 13.0. The maximum absolute atomic E-state index is 11.0. The first kappa shape index (κ1) is 16.9. The number of rotatable bonds is 6. The molecule has 1 fully saturated rings. The first-order chi connectivity index (χ1) is 10.5. The molecule has 0 saturated carbocycles. The van der Waals surface area contributed by atoms with Crippen molar-refractivity contribution >= 4 is 17.6 Å². The number of carboxylic acids is 1. The highest BCUT2D eigenvalue weighted by Crippen LogP contribution is 2.34. The lowest BCUT2D eigenvalue weighted by Gasteiger charge is -2.35. The number of nitrogens with zero attached hydrogens (tertiary/aromatic N) is 1. The predicted octanol–water partition coefficient (Wildman–Crippen LogP) is 3.19. The van der Waals surface area contributed by atoms with Crippen LogP contribution < -0.4 is 9.47 Å². The van der Waals surface area contributed by atoms with Crippen molar-refractivity contribution in [1.82, 2.24) is 4.90 Å². The number of halogens is 1. The number of ether oxygens (including phenoxy) is 2. The van der Waals surface area contributed by atoms with E-state index in [0.717, 1.165) is 31.4 Å². The smallest absolute Gasteiger partial charge is 0.304 e. The highest BCUT2D eigenvalue weighted by molar-refractivity contribution is 6.32. The second kappa shape index (κ2) is 7.70. The Morgan fingerprint density at radius 2 is 2.05 bits per heavy atom. The molecule has 0 radical (unpaired) electrons. The first-order valence-corrected chi connectivity index (χ1v) is 7.79. The summed E-state index contributed by atoms with van der Waals surface area (Å²) < 4.78 is 10.6. The van der Waals surface area contributed by atoms with Gasteiger partial charge in [0, 0.05) is 24.2 Å². The molecule has 22 heavy (non-hydrogen) atoms. The van der Waals surface area contributed by atoms with E-state index in [1.807, 2.05) is 6.07 Å². The summed E-state index contributed by atoms with van der Waals surface area (Å²) in [6, 6.07) is 3.68. The van der Waals surface area contributed by atoms with Gasteiger partial charge in [0.2, 0.25) is 0 Å². The molecule has 0 unspecified atom stereocenters. The lowest BCUT2D eigenvalue weighted by Crippen LogP contribution is -2.40. The quantitative estimate of drug-likeness (QED) is 0.869. The molecule has 122 valence electrons. The summed E-state index contributed by atoms with van der Waals surface area (Å²) in [6.07, 6.45) is 3.25. The zero-order valence-corrected chi connectivity index (χ0v) is 13.7. The highest BCUT2D eigenvalue weighted by Gasteiger charge is 2.25. The van der Waals surface area contributed by atoms with Crippen LogP contribution in [0.25, 0.3) is 0 Å². The topological polar surface area (TPSA) is 59.0 Å². The van der Waals surface area contributed by atoms with Crippen LogP contribution in [0.2, 0.25) is 5.02 Å². The van der Waals surface area contributed by atoms with Crippen molar-refractivity contribution in [1.29, 1.82) is 0 Å². The lowest BCUT2D eigenvalue weighted by atomic mass is 9.98. The second-order valence-electron chi connectivity index (χ2n) is 5.52. The number of carbonyl (C=O) groups is 1. The number of hydrogen-bond acceptors (Lipinski definition) is 4. The summed E-state index contributed by atoms with van der Waals surface area (Å²) in [4.78, 5) is 13.2. The number of hydrogen-bond donors (Lipinski definition) is 1. The Hall–Kier alpha value is -1.46. The molecular weight excluding hydrogens is 306 g/mol. The summed E-state index contributed by atoms with van der Waals surface area (Å²) in [5.41, 5.74) is 0.950. The molecule has 1 saturated heterocycles. The highest BCUT2D eigenvalue weighted by atomic mass is 35.5. The fourth-order valence-corrected chi connectivity index (χ4v) is 3.23. The van der Waals surface area contributed by atoms with Gasteiger partial charge in [-0.3, -0.25) is 9.69 Å². The second-order valence-corrected chi connectivity index (χ2v) is 5.92. The van der Waals surface area contributed by atoms with Gasteiger partial charge in [0.1, 0.15) is 11.5 Å². The Morgan fingerprint density at radius 3 is 2.68 bits per heavy atom. The summed E-state index contributed by atoms with van der Waals surface area (Å²) in [5.74, 6) is 0.528. The van der Waals surface area contributed by atoms with Crippen molar-refractivity contribution in [3.8, 4) is 11.5 Å². The molecule has 0 amide bonds. The molecule has 1 aromatic rings. The van der Waals surface area contributed by atoms with Gasteiger partial charge in [-0.1, -0.05) is 18.0 Å². The van der Waals surface area contributed by atoms with Crippen LogP contribution >= 0.6 is 11.6 Å². The standard InChI is InChI=1S/C16H22ClNO4/c1-21-14-9-15(22-2)13(17)7-11(14)10-18-6-4-3-5-12(18)8-16(19)20/h7,9,12H,3-6,8,10H2,1-2H3,(H,19,20)/t12-/m0/s1. The van der Waals surface area contributed by atoms with Gasteiger partial charge in [-0.05, 0) is 25.5 Å². The molecule has 5 nitrogen and oxygen atoms in total. The van der Waals surface area contributed by atoms with E-state index >= 15 is 0 Å². The summed E-state index contributed by atoms with van der Waals surface area (Å²) in [7, 11) is 3.17. The Bertz CT molecular complexity index is 535. The van der Waals surface area contributed by atoms with E-state index in [9.17, 15) is 4.79 Å². The Balaban J connectivity index is 2.20. The van der Waals surface area contributed by atoms with Gasteiger partial charge in [0.25, 0.3) is 0 Å². The van der Waals surface area contributed by atoms with Crippen LogP contribution in [-0.4, -0.2) is 42.8 Å². The average molecular weight is 328 g/mol. The molecule has 0 bridgehead atoms. The van der Waals surface area contributed by atoms with E-state index < -0.39 is 5.97 Å². The first-order valence-electron chi connectivity index (χ1n) is 7.41. The van der Waals surface area contributed by atoms with Crippen molar-refractivity contribution in [2.45, 2.75) is 38.3 Å². The van der Waals surface area contributed by atoms with Crippen molar-refractivity contribution < 1.29 is 19.4 Å². The molecule has 0 aliphatic carbocycles. The van der Waals surface area contributed by atoms with Gasteiger partial charge < -0.3 is 14.6 Å². The summed E-state index contributed by atoms with van der Waals surface area (Å²) >= 11 is 6.20. The maximum Gasteiger partial charge on any atom is 0.304 e. The van der Waals surface area contributed by atoms with Gasteiger partial charge >= 0.3 is 5.97 Å². The lowest BCUT2D eigenvalue weighted by molar-refractivity contribution is -0.138. The number of benzene rings is 1. The van der Waals surface area contributed by atoms with E-state index in [2.05, 4.69) is 4.90 Å². The third-order valence-corrected chi connectivity index (χ3v) is 4.38. The average Bonchev–Trinajstić information content (AvgIpc) is 2.49. The van der Waals surface area contributed by atoms with Crippen LogP contribution in [0.15, 0.2) is 12.1 Å². The summed E-state index contributed by atoms with van der Waals surface area (Å²) in [5, 5.41) is 9.61. The van der Waals surface area contributed by atoms with Gasteiger partial charge in [0.05, 0.1) is 25.7 Å². The molecular formula is C16H22ClNO4. The Morgan fingerprint density at radius 1 is 1.32 bits per heavy atom. The maximum atomic E-state index is 11.0. The fourth-order valence-electron chi connectivity index (χ4n) is 2.97. The number of carboxylic acid groups (broad SMARTS) is 1. The molecule has 1 heterocycles. The van der Waals surface area contributed by atoms with E-state index in [1.165, 1.54) is 0 Å². The monoisotopic (exact) mass is 327 g/mol. The third kappa shape index (κ3) is 4.05.